The minimum absolute atomic E-state index is 0.636. The third kappa shape index (κ3) is 6.20. The van der Waals surface area contributed by atoms with Gasteiger partial charge in [-0.3, -0.25) is 0 Å². The highest BCUT2D eigenvalue weighted by molar-refractivity contribution is 5.22. The Balaban J connectivity index is 2.43. The molecule has 0 aliphatic heterocycles. The van der Waals surface area contributed by atoms with Crippen molar-refractivity contribution < 1.29 is 0 Å². The Hall–Kier alpha value is -0.820. The van der Waals surface area contributed by atoms with Crippen LogP contribution in [0.5, 0.6) is 0 Å². The quantitative estimate of drug-likeness (QED) is 0.720. The van der Waals surface area contributed by atoms with Crippen LogP contribution in [-0.4, -0.2) is 12.6 Å². The second-order valence-corrected chi connectivity index (χ2v) is 5.77. The van der Waals surface area contributed by atoms with E-state index in [4.69, 9.17) is 0 Å². The van der Waals surface area contributed by atoms with Crippen LogP contribution in [-0.2, 0) is 6.42 Å². The molecule has 0 heterocycles. The number of aryl methyl sites for hydroxylation is 1. The molecule has 1 atom stereocenters. The molecule has 1 rings (SSSR count). The van der Waals surface area contributed by atoms with Gasteiger partial charge in [-0.15, -0.1) is 0 Å². The second-order valence-electron chi connectivity index (χ2n) is 5.77. The van der Waals surface area contributed by atoms with Crippen molar-refractivity contribution in [2.24, 2.45) is 5.92 Å². The van der Waals surface area contributed by atoms with Crippen molar-refractivity contribution in [2.45, 2.75) is 59.4 Å². The summed E-state index contributed by atoms with van der Waals surface area (Å²) in [4.78, 5) is 0. The lowest BCUT2D eigenvalue weighted by atomic mass is 9.97. The summed E-state index contributed by atoms with van der Waals surface area (Å²) in [5.74, 6) is 0.826. The standard InChI is InChI=1S/C17H29N/c1-5-18-17(8-6-7-14(2)3)13-16-11-9-15(4)10-12-16/h9-12,14,17-18H,5-8,13H2,1-4H3. The lowest BCUT2D eigenvalue weighted by Crippen LogP contribution is -2.31. The molecule has 0 aliphatic carbocycles. The number of hydrogen-bond acceptors (Lipinski definition) is 1. The van der Waals surface area contributed by atoms with Crippen LogP contribution in [0, 0.1) is 12.8 Å². The van der Waals surface area contributed by atoms with E-state index in [0.717, 1.165) is 18.9 Å². The summed E-state index contributed by atoms with van der Waals surface area (Å²) >= 11 is 0. The number of likely N-dealkylation sites (N-methyl/N-ethyl adjacent to an activating group) is 1. The molecule has 102 valence electrons. The minimum atomic E-state index is 0.636. The van der Waals surface area contributed by atoms with E-state index in [1.54, 1.807) is 0 Å². The van der Waals surface area contributed by atoms with Gasteiger partial charge in [0.25, 0.3) is 0 Å². The van der Waals surface area contributed by atoms with Gasteiger partial charge in [-0.2, -0.15) is 0 Å². The van der Waals surface area contributed by atoms with Crippen LogP contribution in [0.3, 0.4) is 0 Å². The molecule has 0 amide bonds. The predicted molar refractivity (Wildman–Crippen MR) is 81.0 cm³/mol. The first-order valence-corrected chi connectivity index (χ1v) is 7.40. The largest absolute Gasteiger partial charge is 0.314 e. The van der Waals surface area contributed by atoms with Gasteiger partial charge in [0.15, 0.2) is 0 Å². The van der Waals surface area contributed by atoms with Crippen LogP contribution in [0.15, 0.2) is 24.3 Å². The lowest BCUT2D eigenvalue weighted by Gasteiger charge is -2.18. The molecular formula is C17H29N. The minimum Gasteiger partial charge on any atom is -0.314 e. The van der Waals surface area contributed by atoms with E-state index in [0.29, 0.717) is 6.04 Å². The van der Waals surface area contributed by atoms with Gasteiger partial charge in [-0.25, -0.2) is 0 Å². The molecule has 1 heteroatoms. The van der Waals surface area contributed by atoms with Crippen molar-refractivity contribution in [3.8, 4) is 0 Å². The summed E-state index contributed by atoms with van der Waals surface area (Å²) in [6.45, 7) is 10.0. The summed E-state index contributed by atoms with van der Waals surface area (Å²) < 4.78 is 0. The highest BCUT2D eigenvalue weighted by Crippen LogP contribution is 2.13. The van der Waals surface area contributed by atoms with Gasteiger partial charge in [0.2, 0.25) is 0 Å². The van der Waals surface area contributed by atoms with Gasteiger partial charge in [-0.1, -0.05) is 63.4 Å². The monoisotopic (exact) mass is 247 g/mol. The topological polar surface area (TPSA) is 12.0 Å². The fourth-order valence-corrected chi connectivity index (χ4v) is 2.35. The molecule has 18 heavy (non-hydrogen) atoms. The molecule has 0 spiro atoms. The highest BCUT2D eigenvalue weighted by atomic mass is 14.9. The van der Waals surface area contributed by atoms with Crippen LogP contribution < -0.4 is 5.32 Å². The summed E-state index contributed by atoms with van der Waals surface area (Å²) in [5.41, 5.74) is 2.80. The van der Waals surface area contributed by atoms with Gasteiger partial charge >= 0.3 is 0 Å². The maximum atomic E-state index is 3.62. The molecule has 0 aliphatic rings. The molecule has 1 aromatic rings. The molecule has 1 unspecified atom stereocenters. The molecule has 0 fully saturated rings. The van der Waals surface area contributed by atoms with Crippen molar-refractivity contribution in [2.75, 3.05) is 6.54 Å². The van der Waals surface area contributed by atoms with E-state index >= 15 is 0 Å². The Labute approximate surface area is 113 Å². The molecule has 0 bridgehead atoms. The Kier molecular flexibility index (Phi) is 7.04. The van der Waals surface area contributed by atoms with Crippen LogP contribution in [0.25, 0.3) is 0 Å². The summed E-state index contributed by atoms with van der Waals surface area (Å²) in [6.07, 6.45) is 5.13. The first-order chi connectivity index (χ1) is 8.61. The molecule has 0 radical (unpaired) electrons. The molecule has 0 saturated heterocycles. The lowest BCUT2D eigenvalue weighted by molar-refractivity contribution is 0.442. The van der Waals surface area contributed by atoms with Crippen molar-refractivity contribution in [3.05, 3.63) is 35.4 Å². The van der Waals surface area contributed by atoms with E-state index < -0.39 is 0 Å². The molecule has 0 aromatic heterocycles. The van der Waals surface area contributed by atoms with Gasteiger partial charge in [-0.05, 0) is 37.8 Å². The average Bonchev–Trinajstić information content (AvgIpc) is 2.32. The van der Waals surface area contributed by atoms with Gasteiger partial charge in [0.05, 0.1) is 0 Å². The van der Waals surface area contributed by atoms with Crippen molar-refractivity contribution >= 4 is 0 Å². The zero-order valence-electron chi connectivity index (χ0n) is 12.5. The molecule has 1 aromatic carbocycles. The summed E-state index contributed by atoms with van der Waals surface area (Å²) in [7, 11) is 0. The van der Waals surface area contributed by atoms with Crippen LogP contribution in [0.4, 0.5) is 0 Å². The highest BCUT2D eigenvalue weighted by Gasteiger charge is 2.08. The molecule has 1 nitrogen and oxygen atoms in total. The second kappa shape index (κ2) is 8.31. The van der Waals surface area contributed by atoms with E-state index in [9.17, 15) is 0 Å². The fourth-order valence-electron chi connectivity index (χ4n) is 2.35. The summed E-state index contributed by atoms with van der Waals surface area (Å²) in [6, 6.07) is 9.60. The van der Waals surface area contributed by atoms with Crippen LogP contribution in [0.2, 0.25) is 0 Å². The van der Waals surface area contributed by atoms with E-state index in [-0.39, 0.29) is 0 Å². The van der Waals surface area contributed by atoms with E-state index in [1.165, 1.54) is 30.4 Å². The Bertz CT molecular complexity index is 313. The van der Waals surface area contributed by atoms with Gasteiger partial charge in [0, 0.05) is 6.04 Å². The number of rotatable bonds is 8. The SMILES string of the molecule is CCNC(CCCC(C)C)Cc1ccc(C)cc1. The number of benzene rings is 1. The fraction of sp³-hybridized carbons (Fsp3) is 0.647. The molecule has 1 N–H and O–H groups in total. The van der Waals surface area contributed by atoms with E-state index in [1.807, 2.05) is 0 Å². The van der Waals surface area contributed by atoms with Gasteiger partial charge in [0.1, 0.15) is 0 Å². The van der Waals surface area contributed by atoms with Crippen molar-refractivity contribution in [1.29, 1.82) is 0 Å². The zero-order valence-corrected chi connectivity index (χ0v) is 12.5. The zero-order chi connectivity index (χ0) is 13.4. The normalized spacial score (nSPS) is 12.9. The maximum Gasteiger partial charge on any atom is 0.0107 e. The molecular weight excluding hydrogens is 218 g/mol. The first-order valence-electron chi connectivity index (χ1n) is 7.40. The maximum absolute atomic E-state index is 3.62. The smallest absolute Gasteiger partial charge is 0.0107 e. The third-order valence-corrected chi connectivity index (χ3v) is 3.43. The van der Waals surface area contributed by atoms with Crippen LogP contribution >= 0.6 is 0 Å². The Morgan fingerprint density at radius 2 is 1.72 bits per heavy atom. The van der Waals surface area contributed by atoms with E-state index in [2.05, 4.69) is 57.3 Å². The first kappa shape index (κ1) is 15.2. The number of hydrogen-bond donors (Lipinski definition) is 1. The predicted octanol–water partition coefficient (Wildman–Crippen LogP) is 4.34. The van der Waals surface area contributed by atoms with Crippen molar-refractivity contribution in [3.63, 3.8) is 0 Å². The Morgan fingerprint density at radius 1 is 1.06 bits per heavy atom. The van der Waals surface area contributed by atoms with Crippen molar-refractivity contribution in [1.82, 2.24) is 5.32 Å². The average molecular weight is 247 g/mol. The third-order valence-electron chi connectivity index (χ3n) is 3.43. The number of nitrogens with one attached hydrogen (secondary N) is 1. The van der Waals surface area contributed by atoms with Crippen LogP contribution in [0.1, 0.15) is 51.2 Å². The van der Waals surface area contributed by atoms with Gasteiger partial charge < -0.3 is 5.32 Å². The summed E-state index contributed by atoms with van der Waals surface area (Å²) in [5, 5.41) is 3.62. The molecule has 0 saturated carbocycles. The Morgan fingerprint density at radius 3 is 2.28 bits per heavy atom.